The summed E-state index contributed by atoms with van der Waals surface area (Å²) in [6, 6.07) is 4.33. The summed E-state index contributed by atoms with van der Waals surface area (Å²) in [5, 5.41) is 0.669. The molecule has 3 atom stereocenters. The van der Waals surface area contributed by atoms with Gasteiger partial charge < -0.3 is 14.5 Å². The number of aromatic nitrogens is 2. The first-order chi connectivity index (χ1) is 17.1. The highest BCUT2D eigenvalue weighted by Crippen LogP contribution is 2.37. The van der Waals surface area contributed by atoms with Crippen molar-refractivity contribution >= 4 is 38.9 Å². The number of nitrogens with zero attached hydrogens (tertiary/aromatic N) is 4. The molecule has 2 aromatic heterocycles. The summed E-state index contributed by atoms with van der Waals surface area (Å²) in [4.78, 5) is 50.5. The average molecular weight is 509 g/mol. The van der Waals surface area contributed by atoms with Crippen molar-refractivity contribution in [3.05, 3.63) is 50.4 Å². The Hall–Kier alpha value is -3.04. The van der Waals surface area contributed by atoms with E-state index in [9.17, 15) is 14.4 Å². The predicted molar refractivity (Wildman–Crippen MR) is 141 cm³/mol. The molecule has 0 fully saturated rings. The van der Waals surface area contributed by atoms with Gasteiger partial charge >= 0.3 is 0 Å². The minimum absolute atomic E-state index is 0.146. The lowest BCUT2D eigenvalue weighted by Gasteiger charge is -2.30. The first-order valence-corrected chi connectivity index (χ1v) is 13.2. The van der Waals surface area contributed by atoms with Crippen molar-refractivity contribution in [1.29, 1.82) is 0 Å². The standard InChI is InChI=1S/C27H32N4O4S/c1-14-7-9-18-21(11-14)36-25-23(18)27(34)31(22(28-25)13-29(4)5)15(2)24(32)17-8-10-20-19(12-17)30(6)26(33)16(3)35-20/h8,10,12,14-16H,7,9,11,13H2,1-6H3. The molecule has 0 saturated carbocycles. The molecule has 36 heavy (non-hydrogen) atoms. The van der Waals surface area contributed by atoms with Crippen LogP contribution < -0.4 is 15.2 Å². The maximum atomic E-state index is 14.0. The highest BCUT2D eigenvalue weighted by Gasteiger charge is 2.32. The van der Waals surface area contributed by atoms with Gasteiger partial charge in [-0.15, -0.1) is 11.3 Å². The zero-order valence-corrected chi connectivity index (χ0v) is 22.4. The minimum atomic E-state index is -0.759. The van der Waals surface area contributed by atoms with E-state index in [0.29, 0.717) is 40.7 Å². The van der Waals surface area contributed by atoms with Crippen LogP contribution >= 0.6 is 11.3 Å². The van der Waals surface area contributed by atoms with Gasteiger partial charge in [-0.1, -0.05) is 6.92 Å². The van der Waals surface area contributed by atoms with Crippen LogP contribution in [0.15, 0.2) is 23.0 Å². The quantitative estimate of drug-likeness (QED) is 0.487. The molecule has 5 rings (SSSR count). The van der Waals surface area contributed by atoms with Crippen molar-refractivity contribution in [3.8, 4) is 5.75 Å². The molecule has 3 heterocycles. The van der Waals surface area contributed by atoms with Gasteiger partial charge in [-0.25, -0.2) is 4.98 Å². The first kappa shape index (κ1) is 24.6. The molecule has 190 valence electrons. The number of Topliss-reactive ketones (excluding diaryl/α,β-unsaturated/α-hetero) is 1. The number of amides is 1. The molecule has 0 bridgehead atoms. The van der Waals surface area contributed by atoms with Crippen molar-refractivity contribution in [3.63, 3.8) is 0 Å². The van der Waals surface area contributed by atoms with E-state index in [2.05, 4.69) is 6.92 Å². The van der Waals surface area contributed by atoms with Crippen LogP contribution in [0, 0.1) is 5.92 Å². The third-order valence-corrected chi connectivity index (χ3v) is 8.39. The van der Waals surface area contributed by atoms with Gasteiger partial charge in [0.1, 0.15) is 16.4 Å². The second kappa shape index (κ2) is 9.12. The first-order valence-electron chi connectivity index (χ1n) is 12.4. The summed E-state index contributed by atoms with van der Waals surface area (Å²) in [6.07, 6.45) is 2.31. The summed E-state index contributed by atoms with van der Waals surface area (Å²) in [6.45, 7) is 6.14. The van der Waals surface area contributed by atoms with E-state index in [0.717, 1.165) is 29.7 Å². The van der Waals surface area contributed by atoms with Crippen LogP contribution in [-0.4, -0.2) is 53.4 Å². The monoisotopic (exact) mass is 508 g/mol. The van der Waals surface area contributed by atoms with Gasteiger partial charge in [0, 0.05) is 17.5 Å². The highest BCUT2D eigenvalue weighted by molar-refractivity contribution is 7.18. The van der Waals surface area contributed by atoms with E-state index in [4.69, 9.17) is 9.72 Å². The summed E-state index contributed by atoms with van der Waals surface area (Å²) in [5.74, 6) is 1.35. The van der Waals surface area contributed by atoms with Crippen molar-refractivity contribution in [2.75, 3.05) is 26.0 Å². The van der Waals surface area contributed by atoms with Crippen LogP contribution in [-0.2, 0) is 24.2 Å². The number of thiophene rings is 1. The summed E-state index contributed by atoms with van der Waals surface area (Å²) in [7, 11) is 5.52. The number of fused-ring (bicyclic) bond motifs is 4. The molecule has 0 radical (unpaired) electrons. The Morgan fingerprint density at radius 2 is 2.03 bits per heavy atom. The Morgan fingerprint density at radius 1 is 1.28 bits per heavy atom. The number of hydrogen-bond donors (Lipinski definition) is 0. The van der Waals surface area contributed by atoms with Crippen molar-refractivity contribution < 1.29 is 14.3 Å². The highest BCUT2D eigenvalue weighted by atomic mass is 32.1. The molecule has 1 aliphatic carbocycles. The molecule has 2 aliphatic rings. The van der Waals surface area contributed by atoms with E-state index < -0.39 is 12.1 Å². The number of ketones is 1. The fraction of sp³-hybridized carbons (Fsp3) is 0.481. The Labute approximate surface area is 214 Å². The number of hydrogen-bond acceptors (Lipinski definition) is 7. The summed E-state index contributed by atoms with van der Waals surface area (Å²) < 4.78 is 7.28. The topological polar surface area (TPSA) is 84.7 Å². The minimum Gasteiger partial charge on any atom is -0.479 e. The number of benzene rings is 1. The van der Waals surface area contributed by atoms with Gasteiger partial charge in [0.05, 0.1) is 23.7 Å². The third kappa shape index (κ3) is 4.04. The number of likely N-dealkylation sites (N-methyl/N-ethyl adjacent to an activating group) is 1. The number of aryl methyl sites for hydroxylation is 1. The van der Waals surface area contributed by atoms with Crippen LogP contribution in [0.2, 0.25) is 0 Å². The molecule has 0 N–H and O–H groups in total. The largest absolute Gasteiger partial charge is 0.479 e. The molecule has 0 saturated heterocycles. The molecule has 3 aromatic rings. The van der Waals surface area contributed by atoms with Crippen molar-refractivity contribution in [2.24, 2.45) is 5.92 Å². The Bertz CT molecular complexity index is 1440. The lowest BCUT2D eigenvalue weighted by Crippen LogP contribution is -2.42. The van der Waals surface area contributed by atoms with E-state index >= 15 is 0 Å². The number of rotatable bonds is 5. The van der Waals surface area contributed by atoms with Crippen LogP contribution in [0.3, 0.4) is 0 Å². The Balaban J connectivity index is 1.60. The number of carbonyl (C=O) groups is 2. The molecular formula is C27H32N4O4S. The SMILES string of the molecule is CC1CCc2c(sc3nc(CN(C)C)n(C(C)C(=O)c4ccc5c(c4)N(C)C(=O)C(C)O5)c(=O)c23)C1. The van der Waals surface area contributed by atoms with E-state index in [1.165, 1.54) is 9.78 Å². The zero-order chi connectivity index (χ0) is 25.9. The third-order valence-electron chi connectivity index (χ3n) is 7.25. The zero-order valence-electron chi connectivity index (χ0n) is 21.6. The van der Waals surface area contributed by atoms with Gasteiger partial charge in [0.2, 0.25) is 0 Å². The van der Waals surface area contributed by atoms with Gasteiger partial charge in [0.25, 0.3) is 11.5 Å². The van der Waals surface area contributed by atoms with Crippen LogP contribution in [0.5, 0.6) is 5.75 Å². The number of carbonyl (C=O) groups excluding carboxylic acids is 2. The average Bonchev–Trinajstić information content (AvgIpc) is 3.19. The molecule has 1 aromatic carbocycles. The molecule has 0 spiro atoms. The second-order valence-electron chi connectivity index (χ2n) is 10.4. The van der Waals surface area contributed by atoms with Gasteiger partial charge in [-0.3, -0.25) is 19.0 Å². The number of ether oxygens (including phenoxy) is 1. The Kier molecular flexibility index (Phi) is 6.24. The molecule has 1 aliphatic heterocycles. The second-order valence-corrected chi connectivity index (χ2v) is 11.4. The maximum Gasteiger partial charge on any atom is 0.267 e. The summed E-state index contributed by atoms with van der Waals surface area (Å²) in [5.41, 5.74) is 1.93. The smallest absolute Gasteiger partial charge is 0.267 e. The molecule has 1 amide bonds. The van der Waals surface area contributed by atoms with E-state index in [1.54, 1.807) is 55.0 Å². The maximum absolute atomic E-state index is 14.0. The van der Waals surface area contributed by atoms with Gasteiger partial charge in [-0.05, 0) is 76.9 Å². The summed E-state index contributed by atoms with van der Waals surface area (Å²) >= 11 is 1.62. The van der Waals surface area contributed by atoms with E-state index in [-0.39, 0.29) is 17.2 Å². The normalized spacial score (nSPS) is 20.3. The molecule has 3 unspecified atom stereocenters. The van der Waals surface area contributed by atoms with Crippen LogP contribution in [0.1, 0.15) is 59.9 Å². The van der Waals surface area contributed by atoms with Crippen molar-refractivity contribution in [2.45, 2.75) is 58.7 Å². The van der Waals surface area contributed by atoms with Crippen molar-refractivity contribution in [1.82, 2.24) is 14.5 Å². The molecule has 8 nitrogen and oxygen atoms in total. The fourth-order valence-corrected chi connectivity index (χ4v) is 6.65. The van der Waals surface area contributed by atoms with Gasteiger partial charge in [-0.2, -0.15) is 0 Å². The predicted octanol–water partition coefficient (Wildman–Crippen LogP) is 3.83. The molecule has 9 heteroatoms. The van der Waals surface area contributed by atoms with Crippen LogP contribution in [0.25, 0.3) is 10.2 Å². The lowest BCUT2D eigenvalue weighted by molar-refractivity contribution is -0.125. The fourth-order valence-electron chi connectivity index (χ4n) is 5.26. The van der Waals surface area contributed by atoms with Crippen LogP contribution in [0.4, 0.5) is 5.69 Å². The Morgan fingerprint density at radius 3 is 2.75 bits per heavy atom. The lowest BCUT2D eigenvalue weighted by atomic mass is 9.89. The molecular weight excluding hydrogens is 476 g/mol. The van der Waals surface area contributed by atoms with Gasteiger partial charge in [0.15, 0.2) is 11.9 Å². The number of anilines is 1. The van der Waals surface area contributed by atoms with E-state index in [1.807, 2.05) is 19.0 Å².